The number of hydrogen-bond acceptors (Lipinski definition) is 3. The lowest BCUT2D eigenvalue weighted by molar-refractivity contribution is -0.119. The summed E-state index contributed by atoms with van der Waals surface area (Å²) in [4.78, 5) is 36.1. The van der Waals surface area contributed by atoms with Crippen LogP contribution < -0.4 is 16.0 Å². The second-order valence-corrected chi connectivity index (χ2v) is 7.37. The molecule has 7 heteroatoms. The number of hydrogen-bond donors (Lipinski definition) is 3. The molecule has 1 atom stereocenters. The number of amides is 3. The maximum atomic E-state index is 12.6. The van der Waals surface area contributed by atoms with Gasteiger partial charge in [0.1, 0.15) is 6.04 Å². The molecule has 6 nitrogen and oxygen atoms in total. The Kier molecular flexibility index (Phi) is 7.12. The van der Waals surface area contributed by atoms with Crippen molar-refractivity contribution in [1.82, 2.24) is 5.32 Å². The Bertz CT molecular complexity index is 817. The van der Waals surface area contributed by atoms with Crippen LogP contribution in [0.15, 0.2) is 53.0 Å². The smallest absolute Gasteiger partial charge is 0.251 e. The van der Waals surface area contributed by atoms with Gasteiger partial charge in [-0.1, -0.05) is 29.8 Å². The van der Waals surface area contributed by atoms with E-state index in [0.717, 1.165) is 4.47 Å². The van der Waals surface area contributed by atoms with E-state index in [2.05, 4.69) is 31.9 Å². The van der Waals surface area contributed by atoms with Crippen LogP contribution in [0.2, 0.25) is 0 Å². The van der Waals surface area contributed by atoms with E-state index in [1.165, 1.54) is 6.92 Å². The molecular formula is C20H22BrN3O3. The van der Waals surface area contributed by atoms with Crippen molar-refractivity contribution in [3.05, 3.63) is 58.6 Å². The largest absolute Gasteiger partial charge is 0.340 e. The van der Waals surface area contributed by atoms with Gasteiger partial charge in [0.05, 0.1) is 0 Å². The Morgan fingerprint density at radius 1 is 0.852 bits per heavy atom. The van der Waals surface area contributed by atoms with E-state index in [4.69, 9.17) is 0 Å². The molecular weight excluding hydrogens is 410 g/mol. The lowest BCUT2D eigenvalue weighted by atomic mass is 10.0. The van der Waals surface area contributed by atoms with Crippen molar-refractivity contribution < 1.29 is 14.4 Å². The van der Waals surface area contributed by atoms with Crippen LogP contribution >= 0.6 is 15.9 Å². The predicted molar refractivity (Wildman–Crippen MR) is 110 cm³/mol. The summed E-state index contributed by atoms with van der Waals surface area (Å²) in [5, 5.41) is 8.24. The lowest BCUT2D eigenvalue weighted by Crippen LogP contribution is -2.47. The Labute approximate surface area is 166 Å². The number of rotatable bonds is 6. The van der Waals surface area contributed by atoms with Crippen molar-refractivity contribution >= 4 is 45.0 Å². The maximum absolute atomic E-state index is 12.6. The zero-order chi connectivity index (χ0) is 20.0. The molecule has 0 heterocycles. The fourth-order valence-electron chi connectivity index (χ4n) is 2.42. The fourth-order valence-corrected chi connectivity index (χ4v) is 2.69. The third-order valence-electron chi connectivity index (χ3n) is 3.81. The number of carbonyl (C=O) groups is 3. The van der Waals surface area contributed by atoms with Crippen LogP contribution in [0.25, 0.3) is 0 Å². The molecule has 2 rings (SSSR count). The number of halogens is 1. The molecule has 0 saturated carbocycles. The summed E-state index contributed by atoms with van der Waals surface area (Å²) in [6.07, 6.45) is 0. The Morgan fingerprint density at radius 2 is 1.37 bits per heavy atom. The minimum Gasteiger partial charge on any atom is -0.340 e. The number of benzene rings is 2. The van der Waals surface area contributed by atoms with Gasteiger partial charge in [-0.15, -0.1) is 0 Å². The van der Waals surface area contributed by atoms with Gasteiger partial charge >= 0.3 is 0 Å². The molecule has 0 aliphatic carbocycles. The van der Waals surface area contributed by atoms with E-state index in [1.807, 2.05) is 13.8 Å². The predicted octanol–water partition coefficient (Wildman–Crippen LogP) is 3.80. The molecule has 2 aromatic carbocycles. The molecule has 27 heavy (non-hydrogen) atoms. The van der Waals surface area contributed by atoms with E-state index >= 15 is 0 Å². The maximum Gasteiger partial charge on any atom is 0.251 e. The lowest BCUT2D eigenvalue weighted by Gasteiger charge is -2.22. The van der Waals surface area contributed by atoms with Crippen molar-refractivity contribution in [3.8, 4) is 0 Å². The minimum atomic E-state index is -0.684. The first-order valence-electron chi connectivity index (χ1n) is 8.51. The van der Waals surface area contributed by atoms with E-state index in [0.29, 0.717) is 16.9 Å². The Morgan fingerprint density at radius 3 is 1.85 bits per heavy atom. The topological polar surface area (TPSA) is 87.3 Å². The molecule has 142 valence electrons. The molecule has 1 unspecified atom stereocenters. The highest BCUT2D eigenvalue weighted by atomic mass is 79.9. The van der Waals surface area contributed by atoms with Crippen molar-refractivity contribution in [2.75, 3.05) is 10.6 Å². The van der Waals surface area contributed by atoms with Gasteiger partial charge in [-0.3, -0.25) is 14.4 Å². The highest BCUT2D eigenvalue weighted by molar-refractivity contribution is 9.10. The summed E-state index contributed by atoms with van der Waals surface area (Å²) >= 11 is 3.33. The van der Waals surface area contributed by atoms with E-state index in [9.17, 15) is 14.4 Å². The summed E-state index contributed by atoms with van der Waals surface area (Å²) in [5.74, 6) is -0.870. The average Bonchev–Trinajstić information content (AvgIpc) is 2.61. The van der Waals surface area contributed by atoms with Gasteiger partial charge in [0, 0.05) is 28.3 Å². The SMILES string of the molecule is CC(=O)Nc1ccc(NC(=O)C(NC(=O)c2ccc(Br)cc2)C(C)C)cc1. The first-order chi connectivity index (χ1) is 12.8. The summed E-state index contributed by atoms with van der Waals surface area (Å²) in [6.45, 7) is 5.16. The number of nitrogens with one attached hydrogen (secondary N) is 3. The van der Waals surface area contributed by atoms with Crippen molar-refractivity contribution in [2.45, 2.75) is 26.8 Å². The van der Waals surface area contributed by atoms with Crippen LogP contribution in [0.4, 0.5) is 11.4 Å². The first-order valence-corrected chi connectivity index (χ1v) is 9.30. The van der Waals surface area contributed by atoms with Crippen molar-refractivity contribution in [1.29, 1.82) is 0 Å². The number of carbonyl (C=O) groups excluding carboxylic acids is 3. The van der Waals surface area contributed by atoms with Crippen LogP contribution in [0.5, 0.6) is 0 Å². The first kappa shape index (κ1) is 20.6. The van der Waals surface area contributed by atoms with Gasteiger partial charge in [-0.25, -0.2) is 0 Å². The van der Waals surface area contributed by atoms with Gasteiger partial charge in [-0.2, -0.15) is 0 Å². The zero-order valence-electron chi connectivity index (χ0n) is 15.4. The molecule has 0 aliphatic rings. The summed E-state index contributed by atoms with van der Waals surface area (Å²) < 4.78 is 0.875. The molecule has 0 spiro atoms. The molecule has 3 amide bonds. The van der Waals surface area contributed by atoms with Crippen LogP contribution in [0, 0.1) is 5.92 Å². The molecule has 2 aromatic rings. The number of anilines is 2. The van der Waals surface area contributed by atoms with Gasteiger partial charge in [0.2, 0.25) is 11.8 Å². The molecule has 0 bridgehead atoms. The molecule has 3 N–H and O–H groups in total. The van der Waals surface area contributed by atoms with Crippen molar-refractivity contribution in [3.63, 3.8) is 0 Å². The van der Waals surface area contributed by atoms with Gasteiger partial charge in [0.25, 0.3) is 5.91 Å². The van der Waals surface area contributed by atoms with E-state index in [-0.39, 0.29) is 23.6 Å². The average molecular weight is 432 g/mol. The minimum absolute atomic E-state index is 0.0944. The third kappa shape index (κ3) is 6.21. The molecule has 0 radical (unpaired) electrons. The van der Waals surface area contributed by atoms with E-state index < -0.39 is 6.04 Å². The molecule has 0 fully saturated rings. The second kappa shape index (κ2) is 9.32. The quantitative estimate of drug-likeness (QED) is 0.649. The molecule has 0 saturated heterocycles. The van der Waals surface area contributed by atoms with Gasteiger partial charge in [0.15, 0.2) is 0 Å². The van der Waals surface area contributed by atoms with Gasteiger partial charge in [-0.05, 0) is 54.4 Å². The second-order valence-electron chi connectivity index (χ2n) is 6.45. The van der Waals surface area contributed by atoms with Crippen molar-refractivity contribution in [2.24, 2.45) is 5.92 Å². The van der Waals surface area contributed by atoms with E-state index in [1.54, 1.807) is 48.5 Å². The van der Waals surface area contributed by atoms with Crippen LogP contribution in [0.3, 0.4) is 0 Å². The normalized spacial score (nSPS) is 11.6. The summed E-state index contributed by atoms with van der Waals surface area (Å²) in [6, 6.07) is 13.0. The Balaban J connectivity index is 2.04. The zero-order valence-corrected chi connectivity index (χ0v) is 17.0. The monoisotopic (exact) mass is 431 g/mol. The van der Waals surface area contributed by atoms with Gasteiger partial charge < -0.3 is 16.0 Å². The summed E-state index contributed by atoms with van der Waals surface area (Å²) in [5.41, 5.74) is 1.71. The van der Waals surface area contributed by atoms with Crippen LogP contribution in [-0.2, 0) is 9.59 Å². The fraction of sp³-hybridized carbons (Fsp3) is 0.250. The highest BCUT2D eigenvalue weighted by Gasteiger charge is 2.24. The highest BCUT2D eigenvalue weighted by Crippen LogP contribution is 2.15. The Hall–Kier alpha value is -2.67. The third-order valence-corrected chi connectivity index (χ3v) is 4.34. The molecule has 0 aliphatic heterocycles. The standard InChI is InChI=1S/C20H22BrN3O3/c1-12(2)18(24-19(26)14-4-6-15(21)7-5-14)20(27)23-17-10-8-16(9-11-17)22-13(3)25/h4-12,18H,1-3H3,(H,22,25)(H,23,27)(H,24,26). The molecule has 0 aromatic heterocycles. The van der Waals surface area contributed by atoms with Crippen LogP contribution in [0.1, 0.15) is 31.1 Å². The van der Waals surface area contributed by atoms with Crippen LogP contribution in [-0.4, -0.2) is 23.8 Å². The summed E-state index contributed by atoms with van der Waals surface area (Å²) in [7, 11) is 0.